The zero-order chi connectivity index (χ0) is 15.3. The van der Waals surface area contributed by atoms with E-state index in [2.05, 4.69) is 5.32 Å². The number of thiophene rings is 1. The summed E-state index contributed by atoms with van der Waals surface area (Å²) in [7, 11) is -3.32. The van der Waals surface area contributed by atoms with E-state index >= 15 is 0 Å². The number of carbonyl (C=O) groups excluding carboxylic acids is 1. The Morgan fingerprint density at radius 1 is 1.40 bits per heavy atom. The number of aliphatic carboxylic acids is 1. The van der Waals surface area contributed by atoms with Gasteiger partial charge in [0.1, 0.15) is 4.21 Å². The van der Waals surface area contributed by atoms with Crippen LogP contribution in [-0.4, -0.2) is 38.2 Å². The smallest absolute Gasteiger partial charge is 0.308 e. The molecule has 0 aliphatic rings. The maximum absolute atomic E-state index is 11.8. The number of rotatable bonds is 7. The maximum atomic E-state index is 11.8. The van der Waals surface area contributed by atoms with Gasteiger partial charge in [-0.15, -0.1) is 11.3 Å². The van der Waals surface area contributed by atoms with Crippen molar-refractivity contribution in [1.29, 1.82) is 0 Å². The van der Waals surface area contributed by atoms with Gasteiger partial charge in [-0.1, -0.05) is 13.3 Å². The van der Waals surface area contributed by atoms with Gasteiger partial charge in [0.15, 0.2) is 9.84 Å². The molecule has 0 aliphatic heterocycles. The number of amides is 1. The zero-order valence-corrected chi connectivity index (χ0v) is 12.9. The van der Waals surface area contributed by atoms with Crippen LogP contribution in [0.4, 0.5) is 0 Å². The predicted molar refractivity (Wildman–Crippen MR) is 75.8 cm³/mol. The quantitative estimate of drug-likeness (QED) is 0.791. The van der Waals surface area contributed by atoms with Gasteiger partial charge >= 0.3 is 5.97 Å². The van der Waals surface area contributed by atoms with E-state index in [-0.39, 0.29) is 15.6 Å². The van der Waals surface area contributed by atoms with Crippen molar-refractivity contribution in [1.82, 2.24) is 5.32 Å². The third kappa shape index (κ3) is 4.61. The normalized spacial score (nSPS) is 12.9. The molecular weight excluding hydrogens is 302 g/mol. The highest BCUT2D eigenvalue weighted by molar-refractivity contribution is 7.92. The van der Waals surface area contributed by atoms with Crippen LogP contribution in [0.5, 0.6) is 0 Å². The number of hydrogen-bond donors (Lipinski definition) is 2. The predicted octanol–water partition coefficient (Wildman–Crippen LogP) is 1.38. The van der Waals surface area contributed by atoms with Gasteiger partial charge in [-0.3, -0.25) is 9.59 Å². The molecule has 6 nitrogen and oxygen atoms in total. The lowest BCUT2D eigenvalue weighted by molar-refractivity contribution is -0.141. The average molecular weight is 319 g/mol. The van der Waals surface area contributed by atoms with Crippen LogP contribution in [0.15, 0.2) is 16.3 Å². The first-order valence-electron chi connectivity index (χ1n) is 6.06. The highest BCUT2D eigenvalue weighted by atomic mass is 32.2. The Kier molecular flexibility index (Phi) is 5.70. The fourth-order valence-electron chi connectivity index (χ4n) is 1.61. The van der Waals surface area contributed by atoms with Gasteiger partial charge in [0, 0.05) is 12.8 Å². The molecule has 0 aromatic carbocycles. The lowest BCUT2D eigenvalue weighted by Gasteiger charge is -2.11. The number of carboxylic acid groups (broad SMARTS) is 1. The summed E-state index contributed by atoms with van der Waals surface area (Å²) < 4.78 is 22.7. The molecule has 0 saturated carbocycles. The fraction of sp³-hybridized carbons (Fsp3) is 0.500. The van der Waals surface area contributed by atoms with Crippen molar-refractivity contribution >= 4 is 33.1 Å². The molecule has 0 spiro atoms. The van der Waals surface area contributed by atoms with E-state index in [0.29, 0.717) is 12.8 Å². The molecule has 0 bridgehead atoms. The summed E-state index contributed by atoms with van der Waals surface area (Å²) >= 11 is 0.874. The Morgan fingerprint density at radius 2 is 2.05 bits per heavy atom. The van der Waals surface area contributed by atoms with E-state index in [0.717, 1.165) is 17.6 Å². The molecular formula is C12H17NO5S2. The van der Waals surface area contributed by atoms with E-state index < -0.39 is 27.6 Å². The molecule has 1 heterocycles. The van der Waals surface area contributed by atoms with E-state index in [9.17, 15) is 18.0 Å². The van der Waals surface area contributed by atoms with Crippen LogP contribution in [0.3, 0.4) is 0 Å². The molecule has 0 fully saturated rings. The highest BCUT2D eigenvalue weighted by Gasteiger charge is 2.19. The molecule has 1 aromatic rings. The summed E-state index contributed by atoms with van der Waals surface area (Å²) in [6.45, 7) is 1.91. The summed E-state index contributed by atoms with van der Waals surface area (Å²) in [5.41, 5.74) is 0. The summed E-state index contributed by atoms with van der Waals surface area (Å²) in [6, 6.07) is 2.79. The van der Waals surface area contributed by atoms with Gasteiger partial charge in [-0.25, -0.2) is 8.42 Å². The molecule has 8 heteroatoms. The highest BCUT2D eigenvalue weighted by Crippen LogP contribution is 2.21. The van der Waals surface area contributed by atoms with Crippen molar-refractivity contribution in [3.05, 3.63) is 17.0 Å². The summed E-state index contributed by atoms with van der Waals surface area (Å²) in [6.07, 6.45) is 2.26. The minimum absolute atomic E-state index is 0.0358. The first-order valence-corrected chi connectivity index (χ1v) is 8.77. The second-order valence-electron chi connectivity index (χ2n) is 4.42. The van der Waals surface area contributed by atoms with Gasteiger partial charge in [0.05, 0.1) is 10.8 Å². The molecule has 1 rings (SSSR count). The van der Waals surface area contributed by atoms with E-state index in [1.807, 2.05) is 6.92 Å². The molecule has 1 amide bonds. The maximum Gasteiger partial charge on any atom is 0.308 e. The van der Waals surface area contributed by atoms with Crippen LogP contribution in [-0.2, 0) is 14.6 Å². The Bertz CT molecular complexity index is 591. The van der Waals surface area contributed by atoms with Gasteiger partial charge in [0.25, 0.3) is 5.91 Å². The fourth-order valence-corrected chi connectivity index (χ4v) is 3.45. The second-order valence-corrected chi connectivity index (χ2v) is 7.75. The lowest BCUT2D eigenvalue weighted by atomic mass is 10.0. The minimum atomic E-state index is -3.32. The van der Waals surface area contributed by atoms with Crippen molar-refractivity contribution < 1.29 is 23.1 Å². The summed E-state index contributed by atoms with van der Waals surface area (Å²) in [4.78, 5) is 23.0. The number of hydrogen-bond acceptors (Lipinski definition) is 5. The molecule has 1 atom stereocenters. The van der Waals surface area contributed by atoms with Crippen LogP contribution < -0.4 is 5.32 Å². The topological polar surface area (TPSA) is 101 Å². The molecule has 20 heavy (non-hydrogen) atoms. The molecule has 2 N–H and O–H groups in total. The summed E-state index contributed by atoms with van der Waals surface area (Å²) in [5.74, 6) is -2.03. The lowest BCUT2D eigenvalue weighted by Crippen LogP contribution is -2.32. The van der Waals surface area contributed by atoms with E-state index in [1.54, 1.807) is 0 Å². The van der Waals surface area contributed by atoms with Crippen molar-refractivity contribution in [2.75, 3.05) is 12.8 Å². The summed E-state index contributed by atoms with van der Waals surface area (Å²) in [5, 5.41) is 11.5. The van der Waals surface area contributed by atoms with E-state index in [1.165, 1.54) is 12.1 Å². The Labute approximate surface area is 121 Å². The first-order chi connectivity index (χ1) is 9.25. The largest absolute Gasteiger partial charge is 0.481 e. The average Bonchev–Trinajstić information content (AvgIpc) is 2.83. The van der Waals surface area contributed by atoms with Crippen molar-refractivity contribution in [3.63, 3.8) is 0 Å². The number of carboxylic acids is 1. The van der Waals surface area contributed by atoms with Crippen LogP contribution in [0.1, 0.15) is 29.4 Å². The minimum Gasteiger partial charge on any atom is -0.481 e. The van der Waals surface area contributed by atoms with Crippen LogP contribution in [0, 0.1) is 5.92 Å². The van der Waals surface area contributed by atoms with Crippen molar-refractivity contribution in [3.8, 4) is 0 Å². The number of sulfone groups is 1. The number of carbonyl (C=O) groups is 2. The SMILES string of the molecule is CCC[C@@H](CNC(=O)c1ccc(S(C)(=O)=O)s1)C(=O)O. The standard InChI is InChI=1S/C12H17NO5S2/c1-3-4-8(12(15)16)7-13-11(14)9-5-6-10(19-9)20(2,17)18/h5-6,8H,3-4,7H2,1-2H3,(H,13,14)(H,15,16)/t8-/m0/s1. The third-order valence-corrected chi connectivity index (χ3v) is 5.57. The van der Waals surface area contributed by atoms with Gasteiger partial charge in [-0.2, -0.15) is 0 Å². The van der Waals surface area contributed by atoms with Gasteiger partial charge in [-0.05, 0) is 18.6 Å². The third-order valence-electron chi connectivity index (χ3n) is 2.67. The van der Waals surface area contributed by atoms with Crippen molar-refractivity contribution in [2.24, 2.45) is 5.92 Å². The second kappa shape index (κ2) is 6.85. The first kappa shape index (κ1) is 16.6. The molecule has 1 aromatic heterocycles. The monoisotopic (exact) mass is 319 g/mol. The Balaban J connectivity index is 2.67. The van der Waals surface area contributed by atoms with Crippen molar-refractivity contribution in [2.45, 2.75) is 24.0 Å². The Hall–Kier alpha value is -1.41. The molecule has 0 radical (unpaired) electrons. The van der Waals surface area contributed by atoms with Gasteiger partial charge < -0.3 is 10.4 Å². The van der Waals surface area contributed by atoms with Gasteiger partial charge in [0.2, 0.25) is 0 Å². The molecule has 0 aliphatic carbocycles. The Morgan fingerprint density at radius 3 is 2.50 bits per heavy atom. The molecule has 0 unspecified atom stereocenters. The zero-order valence-electron chi connectivity index (χ0n) is 11.3. The molecule has 112 valence electrons. The van der Waals surface area contributed by atoms with E-state index in [4.69, 9.17) is 5.11 Å². The number of nitrogens with one attached hydrogen (secondary N) is 1. The molecule has 0 saturated heterocycles. The van der Waals surface area contributed by atoms with Crippen LogP contribution >= 0.6 is 11.3 Å². The van der Waals surface area contributed by atoms with Crippen LogP contribution in [0.2, 0.25) is 0 Å². The van der Waals surface area contributed by atoms with Crippen LogP contribution in [0.25, 0.3) is 0 Å².